The predicted octanol–water partition coefficient (Wildman–Crippen LogP) is 10.3. The molecule has 8 rings (SSSR count). The van der Waals surface area contributed by atoms with Crippen LogP contribution in [0.1, 0.15) is 25.0 Å². The van der Waals surface area contributed by atoms with Crippen LogP contribution in [-0.2, 0) is 5.41 Å². The molecular weight excluding hydrogens is 444 g/mol. The summed E-state index contributed by atoms with van der Waals surface area (Å²) in [5, 5.41) is 10.5. The Kier molecular flexibility index (Phi) is 4.10. The van der Waals surface area contributed by atoms with Gasteiger partial charge in [-0.05, 0) is 82.5 Å². The summed E-state index contributed by atoms with van der Waals surface area (Å²) in [6.45, 7) is 4.74. The van der Waals surface area contributed by atoms with Crippen molar-refractivity contribution in [2.75, 3.05) is 0 Å². The number of benzene rings is 7. The first-order valence-electron chi connectivity index (χ1n) is 13.1. The van der Waals surface area contributed by atoms with Gasteiger partial charge in [0.15, 0.2) is 0 Å². The van der Waals surface area contributed by atoms with Crippen molar-refractivity contribution in [3.8, 4) is 22.3 Å². The Morgan fingerprint density at radius 2 is 1.08 bits per heavy atom. The summed E-state index contributed by atoms with van der Waals surface area (Å²) in [6, 6.07) is 45.2. The molecule has 0 nitrogen and oxygen atoms in total. The number of fused-ring (bicyclic) bond motifs is 6. The van der Waals surface area contributed by atoms with E-state index in [1.807, 2.05) is 0 Å². The molecule has 0 atom stereocenters. The van der Waals surface area contributed by atoms with Gasteiger partial charge >= 0.3 is 0 Å². The van der Waals surface area contributed by atoms with Gasteiger partial charge in [-0.25, -0.2) is 0 Å². The molecule has 0 radical (unpaired) electrons. The lowest BCUT2D eigenvalue weighted by atomic mass is 9.68. The van der Waals surface area contributed by atoms with Crippen LogP contribution in [0.5, 0.6) is 0 Å². The van der Waals surface area contributed by atoms with E-state index >= 15 is 0 Å². The van der Waals surface area contributed by atoms with Gasteiger partial charge in [-0.15, -0.1) is 0 Å². The van der Waals surface area contributed by atoms with Crippen LogP contribution in [0, 0.1) is 0 Å². The SMILES string of the molecule is CC1(C)c2ccccc2-c2cccc3c(-c4c5ccccc5cc5ccc6ccccc6c45)ccc1c23. The van der Waals surface area contributed by atoms with Crippen LogP contribution >= 0.6 is 0 Å². The first-order chi connectivity index (χ1) is 18.1. The fraction of sp³-hybridized carbons (Fsp3) is 0.0811. The molecule has 0 saturated heterocycles. The highest BCUT2D eigenvalue weighted by Gasteiger charge is 2.33. The molecule has 1 aliphatic rings. The van der Waals surface area contributed by atoms with E-state index in [4.69, 9.17) is 0 Å². The normalized spacial score (nSPS) is 13.9. The van der Waals surface area contributed by atoms with E-state index < -0.39 is 0 Å². The first kappa shape index (κ1) is 20.7. The van der Waals surface area contributed by atoms with Crippen LogP contribution in [0.2, 0.25) is 0 Å². The van der Waals surface area contributed by atoms with Crippen molar-refractivity contribution >= 4 is 43.1 Å². The maximum Gasteiger partial charge on any atom is 0.0159 e. The van der Waals surface area contributed by atoms with Gasteiger partial charge < -0.3 is 0 Å². The third-order valence-corrected chi connectivity index (χ3v) is 8.63. The number of hydrogen-bond donors (Lipinski definition) is 0. The Hall–Kier alpha value is -4.42. The van der Waals surface area contributed by atoms with Crippen molar-refractivity contribution in [3.63, 3.8) is 0 Å². The van der Waals surface area contributed by atoms with E-state index in [2.05, 4.69) is 135 Å². The number of hydrogen-bond acceptors (Lipinski definition) is 0. The van der Waals surface area contributed by atoms with Crippen molar-refractivity contribution in [1.29, 1.82) is 0 Å². The third-order valence-electron chi connectivity index (χ3n) is 8.63. The quantitative estimate of drug-likeness (QED) is 0.165. The topological polar surface area (TPSA) is 0 Å². The minimum absolute atomic E-state index is 0.0603. The lowest BCUT2D eigenvalue weighted by Gasteiger charge is -2.35. The Labute approximate surface area is 216 Å². The maximum absolute atomic E-state index is 2.40. The van der Waals surface area contributed by atoms with E-state index in [0.29, 0.717) is 0 Å². The average molecular weight is 471 g/mol. The zero-order valence-electron chi connectivity index (χ0n) is 21.0. The van der Waals surface area contributed by atoms with Crippen LogP contribution in [-0.4, -0.2) is 0 Å². The van der Waals surface area contributed by atoms with E-state index in [1.165, 1.54) is 76.5 Å². The summed E-state index contributed by atoms with van der Waals surface area (Å²) in [6.07, 6.45) is 0. The molecule has 0 aromatic heterocycles. The van der Waals surface area contributed by atoms with Gasteiger partial charge in [-0.3, -0.25) is 0 Å². The molecule has 0 heteroatoms. The molecule has 174 valence electrons. The molecule has 0 heterocycles. The van der Waals surface area contributed by atoms with Gasteiger partial charge in [-0.2, -0.15) is 0 Å². The zero-order chi connectivity index (χ0) is 24.7. The van der Waals surface area contributed by atoms with Crippen LogP contribution in [0.4, 0.5) is 0 Å². The van der Waals surface area contributed by atoms with Crippen molar-refractivity contribution in [2.45, 2.75) is 19.3 Å². The minimum atomic E-state index is -0.0603. The van der Waals surface area contributed by atoms with Crippen LogP contribution in [0.25, 0.3) is 65.3 Å². The van der Waals surface area contributed by atoms with Gasteiger partial charge in [0.2, 0.25) is 0 Å². The molecule has 0 spiro atoms. The molecule has 7 aromatic carbocycles. The van der Waals surface area contributed by atoms with Gasteiger partial charge in [0, 0.05) is 5.41 Å². The van der Waals surface area contributed by atoms with Gasteiger partial charge in [0.05, 0.1) is 0 Å². The second kappa shape index (κ2) is 7.31. The highest BCUT2D eigenvalue weighted by molar-refractivity contribution is 6.25. The molecule has 0 unspecified atom stereocenters. The molecular formula is C37H26. The summed E-state index contributed by atoms with van der Waals surface area (Å²) >= 11 is 0. The van der Waals surface area contributed by atoms with Crippen molar-refractivity contribution in [2.24, 2.45) is 0 Å². The lowest BCUT2D eigenvalue weighted by molar-refractivity contribution is 0.645. The van der Waals surface area contributed by atoms with Crippen molar-refractivity contribution in [3.05, 3.63) is 132 Å². The highest BCUT2D eigenvalue weighted by Crippen LogP contribution is 2.51. The van der Waals surface area contributed by atoms with E-state index in [0.717, 1.165) is 0 Å². The van der Waals surface area contributed by atoms with Crippen LogP contribution in [0.15, 0.2) is 121 Å². The fourth-order valence-electron chi connectivity index (χ4n) is 6.90. The summed E-state index contributed by atoms with van der Waals surface area (Å²) in [7, 11) is 0. The van der Waals surface area contributed by atoms with E-state index in [9.17, 15) is 0 Å². The molecule has 0 saturated carbocycles. The average Bonchev–Trinajstić information content (AvgIpc) is 2.94. The van der Waals surface area contributed by atoms with Gasteiger partial charge in [-0.1, -0.05) is 129 Å². The largest absolute Gasteiger partial charge is 0.0619 e. The Morgan fingerprint density at radius 1 is 0.405 bits per heavy atom. The van der Waals surface area contributed by atoms with Crippen molar-refractivity contribution in [1.82, 2.24) is 0 Å². The maximum atomic E-state index is 2.40. The summed E-state index contributed by atoms with van der Waals surface area (Å²) < 4.78 is 0. The van der Waals surface area contributed by atoms with Gasteiger partial charge in [0.25, 0.3) is 0 Å². The zero-order valence-corrected chi connectivity index (χ0v) is 21.0. The summed E-state index contributed by atoms with van der Waals surface area (Å²) in [5.74, 6) is 0. The molecule has 0 fully saturated rings. The van der Waals surface area contributed by atoms with Crippen LogP contribution in [0.3, 0.4) is 0 Å². The van der Waals surface area contributed by atoms with Gasteiger partial charge in [0.1, 0.15) is 0 Å². The third kappa shape index (κ3) is 2.73. The molecule has 37 heavy (non-hydrogen) atoms. The monoisotopic (exact) mass is 470 g/mol. The minimum Gasteiger partial charge on any atom is -0.0619 e. The molecule has 1 aliphatic carbocycles. The Balaban J connectivity index is 1.60. The fourth-order valence-corrected chi connectivity index (χ4v) is 6.90. The first-order valence-corrected chi connectivity index (χ1v) is 13.1. The highest BCUT2D eigenvalue weighted by atomic mass is 14.4. The van der Waals surface area contributed by atoms with Crippen molar-refractivity contribution < 1.29 is 0 Å². The predicted molar refractivity (Wildman–Crippen MR) is 159 cm³/mol. The molecule has 0 amide bonds. The number of rotatable bonds is 1. The molecule has 0 aliphatic heterocycles. The second-order valence-corrected chi connectivity index (χ2v) is 10.9. The molecule has 0 bridgehead atoms. The van der Waals surface area contributed by atoms with E-state index in [-0.39, 0.29) is 5.41 Å². The summed E-state index contributed by atoms with van der Waals surface area (Å²) in [5.41, 5.74) is 8.11. The Bertz CT molecular complexity index is 2060. The second-order valence-electron chi connectivity index (χ2n) is 10.9. The molecule has 7 aromatic rings. The summed E-state index contributed by atoms with van der Waals surface area (Å²) in [4.78, 5) is 0. The van der Waals surface area contributed by atoms with E-state index in [1.54, 1.807) is 0 Å². The standard InChI is InChI=1S/C37H26/c1-37(2)32-17-8-7-14-28(32)29-15-9-16-30-31(20-21-33(37)35(29)30)36-27-13-6-4-11-24(27)22-25-19-18-23-10-3-5-12-26(23)34(25)36/h3-22H,1-2H3. The van der Waals surface area contributed by atoms with Crippen LogP contribution < -0.4 is 0 Å². The Morgan fingerprint density at radius 3 is 1.97 bits per heavy atom. The smallest absolute Gasteiger partial charge is 0.0159 e. The molecule has 0 N–H and O–H groups in total. The lowest BCUT2D eigenvalue weighted by Crippen LogP contribution is -2.23.